The summed E-state index contributed by atoms with van der Waals surface area (Å²) in [5, 5.41) is 34.8. The predicted molar refractivity (Wildman–Crippen MR) is 156 cm³/mol. The van der Waals surface area contributed by atoms with E-state index in [4.69, 9.17) is 22.4 Å². The van der Waals surface area contributed by atoms with E-state index in [0.29, 0.717) is 61.7 Å². The Balaban J connectivity index is 1.70. The van der Waals surface area contributed by atoms with Crippen molar-refractivity contribution in [3.05, 3.63) is 58.6 Å². The third kappa shape index (κ3) is 6.62. The first kappa shape index (κ1) is 30.3. The summed E-state index contributed by atoms with van der Waals surface area (Å²) in [5.41, 5.74) is 8.14. The lowest BCUT2D eigenvalue weighted by atomic mass is 9.72. The summed E-state index contributed by atoms with van der Waals surface area (Å²) in [4.78, 5) is 26.4. The van der Waals surface area contributed by atoms with Crippen molar-refractivity contribution in [2.75, 3.05) is 19.6 Å². The van der Waals surface area contributed by atoms with Crippen LogP contribution in [0.1, 0.15) is 69.4 Å². The molecule has 1 heterocycles. The summed E-state index contributed by atoms with van der Waals surface area (Å²) >= 11 is 6.84. The Hall–Kier alpha value is -2.65. The number of nitrogens with one attached hydrogen (secondary N) is 1. The third-order valence-corrected chi connectivity index (χ3v) is 8.98. The Morgan fingerprint density at radius 1 is 1.20 bits per heavy atom. The monoisotopic (exact) mass is 571 g/mol. The molecule has 2 fully saturated rings. The summed E-state index contributed by atoms with van der Waals surface area (Å²) < 4.78 is 0. The highest BCUT2D eigenvalue weighted by Gasteiger charge is 2.44. The van der Waals surface area contributed by atoms with E-state index in [2.05, 4.69) is 31.3 Å². The fourth-order valence-corrected chi connectivity index (χ4v) is 6.70. The van der Waals surface area contributed by atoms with Gasteiger partial charge in [0.1, 0.15) is 0 Å². The van der Waals surface area contributed by atoms with Gasteiger partial charge < -0.3 is 31.3 Å². The zero-order valence-electron chi connectivity index (χ0n) is 23.4. The molecule has 1 aliphatic carbocycles. The van der Waals surface area contributed by atoms with Crippen LogP contribution in [0.2, 0.25) is 5.02 Å². The lowest BCUT2D eigenvalue weighted by Crippen LogP contribution is -2.49. The molecule has 2 amide bonds. The molecular formula is C31H42ClN3O5. The van der Waals surface area contributed by atoms with Crippen molar-refractivity contribution in [2.45, 2.75) is 76.0 Å². The SMILES string of the molecule is CC(C)c1cccc(-c2c(Cl)cccc2[C@](O)(CCCNC(=O)O)[C@@H]2CCCN(C(=O)[C@H]3C[C@@H](N)[C@@H](O)C3)C2)c1. The van der Waals surface area contributed by atoms with Crippen LogP contribution in [0.15, 0.2) is 42.5 Å². The van der Waals surface area contributed by atoms with Crippen molar-refractivity contribution >= 4 is 23.6 Å². The number of carbonyl (C=O) groups excluding carboxylic acids is 1. The lowest BCUT2D eigenvalue weighted by Gasteiger charge is -2.44. The molecule has 0 unspecified atom stereocenters. The van der Waals surface area contributed by atoms with Gasteiger partial charge in [-0.2, -0.15) is 0 Å². The molecule has 1 saturated heterocycles. The number of aliphatic hydroxyl groups is 2. The summed E-state index contributed by atoms with van der Waals surface area (Å²) in [6, 6.07) is 13.3. The Morgan fingerprint density at radius 2 is 1.95 bits per heavy atom. The highest BCUT2D eigenvalue weighted by molar-refractivity contribution is 6.33. The second-order valence-corrected chi connectivity index (χ2v) is 12.1. The number of amides is 2. The number of carboxylic acid groups (broad SMARTS) is 1. The molecule has 8 nitrogen and oxygen atoms in total. The van der Waals surface area contributed by atoms with Crippen molar-refractivity contribution in [2.24, 2.45) is 17.6 Å². The van der Waals surface area contributed by atoms with E-state index in [9.17, 15) is 19.8 Å². The summed E-state index contributed by atoms with van der Waals surface area (Å²) in [5.74, 6) is -0.327. The number of hydrogen-bond acceptors (Lipinski definition) is 5. The van der Waals surface area contributed by atoms with Gasteiger partial charge in [-0.15, -0.1) is 0 Å². The fourth-order valence-electron chi connectivity index (χ4n) is 6.42. The number of hydrogen-bond donors (Lipinski definition) is 5. The van der Waals surface area contributed by atoms with Gasteiger partial charge in [-0.1, -0.05) is 61.8 Å². The summed E-state index contributed by atoms with van der Waals surface area (Å²) in [6.45, 7) is 5.41. The Kier molecular flexibility index (Phi) is 9.77. The zero-order chi connectivity index (χ0) is 29.0. The predicted octanol–water partition coefficient (Wildman–Crippen LogP) is 4.70. The molecular weight excluding hydrogens is 530 g/mol. The van der Waals surface area contributed by atoms with E-state index >= 15 is 0 Å². The molecule has 6 N–H and O–H groups in total. The van der Waals surface area contributed by atoms with Crippen molar-refractivity contribution in [1.29, 1.82) is 0 Å². The minimum atomic E-state index is -1.36. The minimum Gasteiger partial charge on any atom is -0.465 e. The van der Waals surface area contributed by atoms with Crippen molar-refractivity contribution in [1.82, 2.24) is 10.2 Å². The van der Waals surface area contributed by atoms with Crippen LogP contribution >= 0.6 is 11.6 Å². The van der Waals surface area contributed by atoms with Gasteiger partial charge in [-0.05, 0) is 67.2 Å². The smallest absolute Gasteiger partial charge is 0.404 e. The number of rotatable bonds is 9. The number of nitrogens with zero attached hydrogens (tertiary/aromatic N) is 1. The first-order valence-corrected chi connectivity index (χ1v) is 14.7. The van der Waals surface area contributed by atoms with Gasteiger partial charge in [-0.25, -0.2) is 4.79 Å². The Labute approximate surface area is 241 Å². The second-order valence-electron chi connectivity index (χ2n) is 11.7. The maximum atomic E-state index is 13.5. The molecule has 0 bridgehead atoms. The first-order chi connectivity index (χ1) is 19.0. The molecule has 1 aliphatic heterocycles. The molecule has 1 saturated carbocycles. The van der Waals surface area contributed by atoms with E-state index in [0.717, 1.165) is 23.1 Å². The molecule has 9 heteroatoms. The van der Waals surface area contributed by atoms with Gasteiger partial charge in [0.2, 0.25) is 5.91 Å². The molecule has 0 radical (unpaired) electrons. The summed E-state index contributed by atoms with van der Waals surface area (Å²) in [6.07, 6.45) is 1.17. The highest BCUT2D eigenvalue weighted by Crippen LogP contribution is 2.46. The average Bonchev–Trinajstić information content (AvgIpc) is 3.28. The molecule has 5 atom stereocenters. The second kappa shape index (κ2) is 12.9. The standard InChI is InChI=1S/C31H42ClN3O5/c1-19(2)20-7-3-8-21(15-20)28-24(10-4-11-25(28)32)31(40,12-6-13-34-30(38)39)23-9-5-14-35(18-23)29(37)22-16-26(33)27(36)17-22/h3-4,7-8,10-11,15,19,22-23,26-27,34,36,40H,5-6,9,12-14,16-18,33H2,1-2H3,(H,38,39)/t22-,23+,26+,27-,31-/m0/s1. The lowest BCUT2D eigenvalue weighted by molar-refractivity contribution is -0.141. The molecule has 0 spiro atoms. The van der Waals surface area contributed by atoms with Crippen LogP contribution < -0.4 is 11.1 Å². The molecule has 40 heavy (non-hydrogen) atoms. The van der Waals surface area contributed by atoms with E-state index in [1.165, 1.54) is 0 Å². The number of aliphatic hydroxyl groups excluding tert-OH is 1. The van der Waals surface area contributed by atoms with Gasteiger partial charge in [0.15, 0.2) is 0 Å². The summed E-state index contributed by atoms with van der Waals surface area (Å²) in [7, 11) is 0. The Morgan fingerprint density at radius 3 is 2.62 bits per heavy atom. The van der Waals surface area contributed by atoms with Crippen LogP contribution in [-0.2, 0) is 10.4 Å². The van der Waals surface area contributed by atoms with Crippen LogP contribution in [0.3, 0.4) is 0 Å². The number of piperidine rings is 1. The molecule has 4 rings (SSSR count). The van der Waals surface area contributed by atoms with Gasteiger partial charge in [-0.3, -0.25) is 4.79 Å². The highest BCUT2D eigenvalue weighted by atomic mass is 35.5. The quantitative estimate of drug-likeness (QED) is 0.277. The van der Waals surface area contributed by atoms with E-state index < -0.39 is 23.8 Å². The van der Waals surface area contributed by atoms with Gasteiger partial charge >= 0.3 is 6.09 Å². The Bertz CT molecular complexity index is 1200. The van der Waals surface area contributed by atoms with E-state index in [-0.39, 0.29) is 24.3 Å². The average molecular weight is 572 g/mol. The number of likely N-dealkylation sites (tertiary alicyclic amines) is 1. The fraction of sp³-hybridized carbons (Fsp3) is 0.548. The van der Waals surface area contributed by atoms with Crippen molar-refractivity contribution < 1.29 is 24.9 Å². The van der Waals surface area contributed by atoms with Crippen LogP contribution in [0.4, 0.5) is 4.79 Å². The normalized spacial score (nSPS) is 24.6. The van der Waals surface area contributed by atoms with Gasteiger partial charge in [0, 0.05) is 48.1 Å². The van der Waals surface area contributed by atoms with Crippen LogP contribution in [0.5, 0.6) is 0 Å². The zero-order valence-corrected chi connectivity index (χ0v) is 24.1. The number of nitrogens with two attached hydrogens (primary N) is 1. The van der Waals surface area contributed by atoms with Crippen molar-refractivity contribution in [3.8, 4) is 11.1 Å². The van der Waals surface area contributed by atoms with Gasteiger partial charge in [0.05, 0.1) is 11.7 Å². The molecule has 0 aromatic heterocycles. The molecule has 218 valence electrons. The minimum absolute atomic E-state index is 0.0254. The molecule has 2 aliphatic rings. The van der Waals surface area contributed by atoms with Gasteiger partial charge in [0.25, 0.3) is 0 Å². The number of halogens is 1. The van der Waals surface area contributed by atoms with Crippen LogP contribution in [-0.4, -0.2) is 64.0 Å². The topological polar surface area (TPSA) is 136 Å². The maximum absolute atomic E-state index is 13.5. The largest absolute Gasteiger partial charge is 0.465 e. The maximum Gasteiger partial charge on any atom is 0.404 e. The van der Waals surface area contributed by atoms with Crippen molar-refractivity contribution in [3.63, 3.8) is 0 Å². The van der Waals surface area contributed by atoms with E-state index in [1.54, 1.807) is 0 Å². The third-order valence-electron chi connectivity index (χ3n) is 8.67. The number of carbonyl (C=O) groups is 2. The molecule has 2 aromatic carbocycles. The van der Waals surface area contributed by atoms with Crippen LogP contribution in [0, 0.1) is 11.8 Å². The van der Waals surface area contributed by atoms with Crippen LogP contribution in [0.25, 0.3) is 11.1 Å². The van der Waals surface area contributed by atoms with E-state index in [1.807, 2.05) is 35.2 Å². The number of benzene rings is 2. The molecule has 2 aromatic rings. The first-order valence-electron chi connectivity index (χ1n) is 14.3.